The molecule has 2 heterocycles. The molecule has 1 aromatic rings. The first-order chi connectivity index (χ1) is 7.16. The van der Waals surface area contributed by atoms with Gasteiger partial charge in [-0.25, -0.2) is 4.98 Å². The van der Waals surface area contributed by atoms with Gasteiger partial charge in [0.15, 0.2) is 0 Å². The number of anilines is 1. The number of aromatic nitrogens is 2. The highest BCUT2D eigenvalue weighted by atomic mass is 127. The van der Waals surface area contributed by atoms with Crippen LogP contribution in [0, 0.1) is 3.57 Å². The number of nitrogens with zero attached hydrogens (tertiary/aromatic N) is 2. The van der Waals surface area contributed by atoms with Gasteiger partial charge in [-0.15, -0.1) is 0 Å². The maximum Gasteiger partial charge on any atom is 0.266 e. The van der Waals surface area contributed by atoms with Crippen LogP contribution in [0.2, 0.25) is 0 Å². The summed E-state index contributed by atoms with van der Waals surface area (Å²) in [5.74, 6) is 0.694. The van der Waals surface area contributed by atoms with Crippen molar-refractivity contribution in [2.45, 2.75) is 12.5 Å². The van der Waals surface area contributed by atoms with Crippen LogP contribution in [0.4, 0.5) is 5.82 Å². The Bertz CT molecular complexity index is 405. The van der Waals surface area contributed by atoms with Crippen molar-refractivity contribution in [2.24, 2.45) is 0 Å². The number of hydrogen-bond donors (Lipinski definition) is 2. The first-order valence-electron chi connectivity index (χ1n) is 4.85. The molecule has 0 amide bonds. The van der Waals surface area contributed by atoms with E-state index in [0.29, 0.717) is 15.4 Å². The van der Waals surface area contributed by atoms with Crippen molar-refractivity contribution in [3.8, 4) is 0 Å². The van der Waals surface area contributed by atoms with E-state index in [9.17, 15) is 4.79 Å². The summed E-state index contributed by atoms with van der Waals surface area (Å²) in [6.07, 6.45) is 2.53. The molecular weight excluding hydrogens is 307 g/mol. The minimum Gasteiger partial charge on any atom is -0.365 e. The lowest BCUT2D eigenvalue weighted by atomic mass is 10.2. The van der Waals surface area contributed by atoms with E-state index in [-0.39, 0.29) is 5.56 Å². The average Bonchev–Trinajstić information content (AvgIpc) is 2.59. The van der Waals surface area contributed by atoms with E-state index in [0.717, 1.165) is 19.5 Å². The number of aromatic amines is 1. The van der Waals surface area contributed by atoms with E-state index in [1.54, 1.807) is 0 Å². The highest BCUT2D eigenvalue weighted by Gasteiger charge is 2.20. The zero-order chi connectivity index (χ0) is 10.8. The summed E-state index contributed by atoms with van der Waals surface area (Å²) in [5.41, 5.74) is -0.0838. The fraction of sp³-hybridized carbons (Fsp3) is 0.556. The SMILES string of the molecule is CN1CCC(Nc2nc[nH]c(=O)c2I)C1. The summed E-state index contributed by atoms with van der Waals surface area (Å²) in [4.78, 5) is 20.3. The number of hydrogen-bond acceptors (Lipinski definition) is 4. The molecule has 0 bridgehead atoms. The van der Waals surface area contributed by atoms with E-state index in [2.05, 4.69) is 27.2 Å². The molecule has 0 aromatic carbocycles. The Morgan fingerprint density at radius 1 is 1.73 bits per heavy atom. The normalized spacial score (nSPS) is 21.9. The summed E-state index contributed by atoms with van der Waals surface area (Å²) in [6.45, 7) is 2.10. The number of likely N-dealkylation sites (tertiary alicyclic amines) is 1. The number of likely N-dealkylation sites (N-methyl/N-ethyl adjacent to an activating group) is 1. The van der Waals surface area contributed by atoms with Crippen LogP contribution in [-0.4, -0.2) is 41.0 Å². The van der Waals surface area contributed by atoms with Crippen molar-refractivity contribution in [1.82, 2.24) is 14.9 Å². The predicted molar refractivity (Wildman–Crippen MR) is 67.1 cm³/mol. The highest BCUT2D eigenvalue weighted by molar-refractivity contribution is 14.1. The maximum atomic E-state index is 11.3. The highest BCUT2D eigenvalue weighted by Crippen LogP contribution is 2.15. The van der Waals surface area contributed by atoms with Gasteiger partial charge in [0.1, 0.15) is 9.39 Å². The van der Waals surface area contributed by atoms with Crippen molar-refractivity contribution < 1.29 is 0 Å². The average molecular weight is 320 g/mol. The van der Waals surface area contributed by atoms with Gasteiger partial charge in [-0.05, 0) is 42.6 Å². The minimum atomic E-state index is -0.0838. The van der Waals surface area contributed by atoms with Crippen LogP contribution >= 0.6 is 22.6 Å². The molecule has 1 aliphatic rings. The Morgan fingerprint density at radius 2 is 2.53 bits per heavy atom. The second kappa shape index (κ2) is 4.48. The Balaban J connectivity index is 2.11. The molecule has 0 radical (unpaired) electrons. The fourth-order valence-electron chi connectivity index (χ4n) is 1.73. The Hall–Kier alpha value is -0.630. The van der Waals surface area contributed by atoms with Crippen molar-refractivity contribution in [2.75, 3.05) is 25.5 Å². The molecule has 0 aliphatic carbocycles. The molecule has 0 saturated carbocycles. The molecule has 1 fully saturated rings. The lowest BCUT2D eigenvalue weighted by Crippen LogP contribution is -2.26. The largest absolute Gasteiger partial charge is 0.365 e. The van der Waals surface area contributed by atoms with Gasteiger partial charge in [0.25, 0.3) is 5.56 Å². The molecule has 2 N–H and O–H groups in total. The first kappa shape index (κ1) is 10.9. The summed E-state index contributed by atoms with van der Waals surface area (Å²) in [5, 5.41) is 3.30. The van der Waals surface area contributed by atoms with Crippen LogP contribution in [-0.2, 0) is 0 Å². The van der Waals surface area contributed by atoms with Crippen LogP contribution < -0.4 is 10.9 Å². The maximum absolute atomic E-state index is 11.3. The third-order valence-electron chi connectivity index (χ3n) is 2.53. The zero-order valence-electron chi connectivity index (χ0n) is 8.46. The van der Waals surface area contributed by atoms with Gasteiger partial charge in [0.05, 0.1) is 6.33 Å². The molecule has 82 valence electrons. The first-order valence-corrected chi connectivity index (χ1v) is 5.93. The van der Waals surface area contributed by atoms with Gasteiger partial charge < -0.3 is 15.2 Å². The van der Waals surface area contributed by atoms with Crippen LogP contribution in [0.3, 0.4) is 0 Å². The van der Waals surface area contributed by atoms with E-state index in [1.165, 1.54) is 6.33 Å². The number of rotatable bonds is 2. The van der Waals surface area contributed by atoms with Gasteiger partial charge in [-0.2, -0.15) is 0 Å². The predicted octanol–water partition coefficient (Wildman–Crippen LogP) is 0.490. The van der Waals surface area contributed by atoms with Crippen molar-refractivity contribution >= 4 is 28.4 Å². The van der Waals surface area contributed by atoms with Gasteiger partial charge in [0.2, 0.25) is 0 Å². The second-order valence-electron chi connectivity index (χ2n) is 3.79. The third kappa shape index (κ3) is 2.49. The molecule has 15 heavy (non-hydrogen) atoms. The molecular formula is C9H13IN4O. The van der Waals surface area contributed by atoms with E-state index in [4.69, 9.17) is 0 Å². The smallest absolute Gasteiger partial charge is 0.266 e. The van der Waals surface area contributed by atoms with Crippen LogP contribution in [0.5, 0.6) is 0 Å². The summed E-state index contributed by atoms with van der Waals surface area (Å²) < 4.78 is 0.629. The number of H-pyrrole nitrogens is 1. The minimum absolute atomic E-state index is 0.0838. The zero-order valence-corrected chi connectivity index (χ0v) is 10.6. The second-order valence-corrected chi connectivity index (χ2v) is 4.87. The van der Waals surface area contributed by atoms with E-state index in [1.807, 2.05) is 22.6 Å². The topological polar surface area (TPSA) is 61.0 Å². The van der Waals surface area contributed by atoms with Crippen LogP contribution in [0.25, 0.3) is 0 Å². The van der Waals surface area contributed by atoms with E-state index < -0.39 is 0 Å². The molecule has 1 saturated heterocycles. The Labute approximate surface area is 101 Å². The monoisotopic (exact) mass is 320 g/mol. The molecule has 2 rings (SSSR count). The van der Waals surface area contributed by atoms with Gasteiger partial charge in [-0.1, -0.05) is 0 Å². The summed E-state index contributed by atoms with van der Waals surface area (Å²) in [7, 11) is 2.10. The quantitative estimate of drug-likeness (QED) is 0.779. The molecule has 6 heteroatoms. The Kier molecular flexibility index (Phi) is 3.25. The van der Waals surface area contributed by atoms with E-state index >= 15 is 0 Å². The molecule has 1 aliphatic heterocycles. The number of nitrogens with one attached hydrogen (secondary N) is 2. The fourth-order valence-corrected chi connectivity index (χ4v) is 2.18. The lowest BCUT2D eigenvalue weighted by molar-refractivity contribution is 0.414. The van der Waals surface area contributed by atoms with Crippen molar-refractivity contribution in [3.05, 3.63) is 20.3 Å². The lowest BCUT2D eigenvalue weighted by Gasteiger charge is -2.13. The van der Waals surface area contributed by atoms with Crippen molar-refractivity contribution in [1.29, 1.82) is 0 Å². The van der Waals surface area contributed by atoms with Crippen LogP contribution in [0.1, 0.15) is 6.42 Å². The molecule has 1 atom stereocenters. The summed E-state index contributed by atoms with van der Waals surface area (Å²) >= 11 is 2.01. The molecule has 1 unspecified atom stereocenters. The molecule has 0 spiro atoms. The number of halogens is 1. The summed E-state index contributed by atoms with van der Waals surface area (Å²) in [6, 6.07) is 0.401. The Morgan fingerprint density at radius 3 is 3.20 bits per heavy atom. The molecule has 1 aromatic heterocycles. The molecule has 5 nitrogen and oxygen atoms in total. The standard InChI is InChI=1S/C9H13IN4O/c1-14-3-2-6(4-14)13-8-7(10)9(15)12-5-11-8/h5-6H,2-4H2,1H3,(H2,11,12,13,15). The van der Waals surface area contributed by atoms with Gasteiger partial charge in [0, 0.05) is 12.6 Å². The van der Waals surface area contributed by atoms with Gasteiger partial charge >= 0.3 is 0 Å². The van der Waals surface area contributed by atoms with Gasteiger partial charge in [-0.3, -0.25) is 4.79 Å². The third-order valence-corrected chi connectivity index (χ3v) is 3.53. The van der Waals surface area contributed by atoms with Crippen molar-refractivity contribution in [3.63, 3.8) is 0 Å². The van der Waals surface area contributed by atoms with Crippen LogP contribution in [0.15, 0.2) is 11.1 Å².